The van der Waals surface area contributed by atoms with Gasteiger partial charge >= 0.3 is 5.97 Å². The van der Waals surface area contributed by atoms with Gasteiger partial charge in [-0.1, -0.05) is 25.0 Å². The maximum absolute atomic E-state index is 12.3. The van der Waals surface area contributed by atoms with Gasteiger partial charge < -0.3 is 10.5 Å². The smallest absolute Gasteiger partial charge is 0.337 e. The van der Waals surface area contributed by atoms with Gasteiger partial charge in [-0.2, -0.15) is 0 Å². The molecular formula is C15H22N2O4S. The molecule has 2 atom stereocenters. The van der Waals surface area contributed by atoms with Gasteiger partial charge in [-0.3, -0.25) is 0 Å². The molecular weight excluding hydrogens is 304 g/mol. The lowest BCUT2D eigenvalue weighted by Gasteiger charge is -2.29. The van der Waals surface area contributed by atoms with Crippen molar-refractivity contribution in [3.63, 3.8) is 0 Å². The molecule has 1 aliphatic carbocycles. The topological polar surface area (TPSA) is 98.5 Å². The Morgan fingerprint density at radius 2 is 2.09 bits per heavy atom. The summed E-state index contributed by atoms with van der Waals surface area (Å²) in [6.07, 6.45) is 3.63. The van der Waals surface area contributed by atoms with Crippen LogP contribution >= 0.6 is 0 Å². The molecule has 1 aromatic rings. The fourth-order valence-corrected chi connectivity index (χ4v) is 4.16. The van der Waals surface area contributed by atoms with Gasteiger partial charge in [0.2, 0.25) is 10.0 Å². The molecule has 0 unspecified atom stereocenters. The molecule has 1 aliphatic rings. The molecule has 1 saturated carbocycles. The van der Waals surface area contributed by atoms with Crippen molar-refractivity contribution in [2.24, 2.45) is 5.73 Å². The lowest BCUT2D eigenvalue weighted by atomic mass is 9.92. The second-order valence-electron chi connectivity index (χ2n) is 5.62. The summed E-state index contributed by atoms with van der Waals surface area (Å²) in [6.45, 7) is 0. The van der Waals surface area contributed by atoms with Crippen LogP contribution in [0.3, 0.4) is 0 Å². The first-order valence-electron chi connectivity index (χ1n) is 7.34. The maximum Gasteiger partial charge on any atom is 0.337 e. The molecule has 1 aromatic carbocycles. The predicted octanol–water partition coefficient (Wildman–Crippen LogP) is 1.16. The van der Waals surface area contributed by atoms with Crippen LogP contribution in [0.15, 0.2) is 24.3 Å². The van der Waals surface area contributed by atoms with Gasteiger partial charge in [0.15, 0.2) is 0 Å². The highest BCUT2D eigenvalue weighted by atomic mass is 32.2. The summed E-state index contributed by atoms with van der Waals surface area (Å²) in [5, 5.41) is 0. The minimum atomic E-state index is -3.50. The number of nitrogens with two attached hydrogens (primary N) is 1. The fourth-order valence-electron chi connectivity index (χ4n) is 2.70. The van der Waals surface area contributed by atoms with Crippen molar-refractivity contribution >= 4 is 16.0 Å². The summed E-state index contributed by atoms with van der Waals surface area (Å²) in [7, 11) is -2.21. The summed E-state index contributed by atoms with van der Waals surface area (Å²) in [4.78, 5) is 11.5. The Balaban J connectivity index is 2.06. The van der Waals surface area contributed by atoms with E-state index in [0.717, 1.165) is 25.7 Å². The third-order valence-corrected chi connectivity index (χ3v) is 5.23. The van der Waals surface area contributed by atoms with E-state index in [1.54, 1.807) is 18.2 Å². The van der Waals surface area contributed by atoms with E-state index < -0.39 is 16.0 Å². The summed E-state index contributed by atoms with van der Waals surface area (Å²) in [6, 6.07) is 6.10. The highest BCUT2D eigenvalue weighted by Crippen LogP contribution is 2.18. The number of hydrogen-bond donors (Lipinski definition) is 2. The van der Waals surface area contributed by atoms with Crippen LogP contribution in [0.4, 0.5) is 0 Å². The Morgan fingerprint density at radius 3 is 2.77 bits per heavy atom. The number of carbonyl (C=O) groups excluding carboxylic acids is 1. The van der Waals surface area contributed by atoms with Crippen LogP contribution in [0.5, 0.6) is 0 Å². The molecule has 0 aliphatic heterocycles. The van der Waals surface area contributed by atoms with E-state index in [1.807, 2.05) is 0 Å². The zero-order valence-corrected chi connectivity index (χ0v) is 13.4. The molecule has 1 fully saturated rings. The first-order chi connectivity index (χ1) is 10.4. The quantitative estimate of drug-likeness (QED) is 0.791. The minimum absolute atomic E-state index is 0.134. The van der Waals surface area contributed by atoms with Gasteiger partial charge in [0.05, 0.1) is 18.4 Å². The van der Waals surface area contributed by atoms with E-state index in [-0.39, 0.29) is 17.8 Å². The lowest BCUT2D eigenvalue weighted by Crippen LogP contribution is -2.49. The second kappa shape index (κ2) is 7.21. The number of nitrogens with one attached hydrogen (secondary N) is 1. The zero-order valence-electron chi connectivity index (χ0n) is 12.6. The second-order valence-corrected chi connectivity index (χ2v) is 7.38. The molecule has 22 heavy (non-hydrogen) atoms. The van der Waals surface area contributed by atoms with Crippen molar-refractivity contribution < 1.29 is 17.9 Å². The van der Waals surface area contributed by atoms with Crippen molar-refractivity contribution in [2.75, 3.05) is 7.11 Å². The number of hydrogen-bond acceptors (Lipinski definition) is 5. The Hall–Kier alpha value is -1.44. The third-order valence-electron chi connectivity index (χ3n) is 3.86. The Labute approximate surface area is 131 Å². The van der Waals surface area contributed by atoms with Gasteiger partial charge in [0.25, 0.3) is 0 Å². The summed E-state index contributed by atoms with van der Waals surface area (Å²) in [5.41, 5.74) is 6.85. The van der Waals surface area contributed by atoms with E-state index in [2.05, 4.69) is 9.46 Å². The van der Waals surface area contributed by atoms with E-state index in [1.165, 1.54) is 13.2 Å². The predicted molar refractivity (Wildman–Crippen MR) is 83.8 cm³/mol. The van der Waals surface area contributed by atoms with Crippen LogP contribution < -0.4 is 10.5 Å². The van der Waals surface area contributed by atoms with Gasteiger partial charge in [0.1, 0.15) is 0 Å². The SMILES string of the molecule is COC(=O)c1cccc(CS(=O)(=O)N[C@@H]2CCCC[C@H]2N)c1. The Morgan fingerprint density at radius 1 is 1.36 bits per heavy atom. The van der Waals surface area contributed by atoms with Crippen LogP contribution in [0, 0.1) is 0 Å². The maximum atomic E-state index is 12.3. The van der Waals surface area contributed by atoms with Crippen molar-refractivity contribution in [3.8, 4) is 0 Å². The molecule has 0 heterocycles. The molecule has 0 aromatic heterocycles. The van der Waals surface area contributed by atoms with Crippen molar-refractivity contribution in [1.29, 1.82) is 0 Å². The molecule has 0 radical (unpaired) electrons. The third kappa shape index (κ3) is 4.53. The molecule has 0 bridgehead atoms. The van der Waals surface area contributed by atoms with Crippen molar-refractivity contribution in [3.05, 3.63) is 35.4 Å². The van der Waals surface area contributed by atoms with Crippen molar-refractivity contribution in [1.82, 2.24) is 4.72 Å². The lowest BCUT2D eigenvalue weighted by molar-refractivity contribution is 0.0600. The first-order valence-corrected chi connectivity index (χ1v) is 8.99. The Kier molecular flexibility index (Phi) is 5.55. The average Bonchev–Trinajstić information content (AvgIpc) is 2.48. The van der Waals surface area contributed by atoms with Gasteiger partial charge in [-0.05, 0) is 30.5 Å². The summed E-state index contributed by atoms with van der Waals surface area (Å²) >= 11 is 0. The van der Waals surface area contributed by atoms with Gasteiger partial charge in [0, 0.05) is 12.1 Å². The van der Waals surface area contributed by atoms with E-state index in [0.29, 0.717) is 11.1 Å². The normalized spacial score (nSPS) is 22.3. The molecule has 6 nitrogen and oxygen atoms in total. The standard InChI is InChI=1S/C15H22N2O4S/c1-21-15(18)12-6-4-5-11(9-12)10-22(19,20)17-14-8-3-2-7-13(14)16/h4-6,9,13-14,17H,2-3,7-8,10,16H2,1H3/t13-,14-/m1/s1. The van der Waals surface area contributed by atoms with Crippen LogP contribution in [0.25, 0.3) is 0 Å². The number of benzene rings is 1. The van der Waals surface area contributed by atoms with E-state index >= 15 is 0 Å². The summed E-state index contributed by atoms with van der Waals surface area (Å²) < 4.78 is 31.9. The first kappa shape index (κ1) is 16.9. The molecule has 0 saturated heterocycles. The molecule has 7 heteroatoms. The number of methoxy groups -OCH3 is 1. The van der Waals surface area contributed by atoms with Gasteiger partial charge in [-0.15, -0.1) is 0 Å². The number of esters is 1. The van der Waals surface area contributed by atoms with Crippen LogP contribution in [0.2, 0.25) is 0 Å². The van der Waals surface area contributed by atoms with E-state index in [4.69, 9.17) is 5.73 Å². The van der Waals surface area contributed by atoms with Gasteiger partial charge in [-0.25, -0.2) is 17.9 Å². The average molecular weight is 326 g/mol. The van der Waals surface area contributed by atoms with E-state index in [9.17, 15) is 13.2 Å². The molecule has 2 rings (SSSR count). The number of carbonyl (C=O) groups is 1. The molecule has 122 valence electrons. The van der Waals surface area contributed by atoms with Crippen LogP contribution in [-0.4, -0.2) is 33.6 Å². The highest BCUT2D eigenvalue weighted by molar-refractivity contribution is 7.88. The monoisotopic (exact) mass is 326 g/mol. The Bertz CT molecular complexity index is 630. The molecule has 3 N–H and O–H groups in total. The summed E-state index contributed by atoms with van der Waals surface area (Å²) in [5.74, 6) is -0.664. The zero-order chi connectivity index (χ0) is 16.2. The van der Waals surface area contributed by atoms with Crippen LogP contribution in [0.1, 0.15) is 41.6 Å². The largest absolute Gasteiger partial charge is 0.465 e. The van der Waals surface area contributed by atoms with Crippen molar-refractivity contribution in [2.45, 2.75) is 43.5 Å². The highest BCUT2D eigenvalue weighted by Gasteiger charge is 2.26. The number of ether oxygens (including phenoxy) is 1. The van der Waals surface area contributed by atoms with Crippen LogP contribution in [-0.2, 0) is 20.5 Å². The molecule has 0 amide bonds. The fraction of sp³-hybridized carbons (Fsp3) is 0.533. The molecule has 0 spiro atoms. The number of sulfonamides is 1. The minimum Gasteiger partial charge on any atom is -0.465 e. The number of rotatable bonds is 5.